The van der Waals surface area contributed by atoms with E-state index in [4.69, 9.17) is 9.47 Å². The van der Waals surface area contributed by atoms with Crippen LogP contribution in [0.1, 0.15) is 23.0 Å². The predicted octanol–water partition coefficient (Wildman–Crippen LogP) is 4.84. The van der Waals surface area contributed by atoms with Gasteiger partial charge in [0.2, 0.25) is 0 Å². The van der Waals surface area contributed by atoms with Crippen molar-refractivity contribution in [2.45, 2.75) is 19.5 Å². The zero-order valence-electron chi connectivity index (χ0n) is 16.5. The van der Waals surface area contributed by atoms with Gasteiger partial charge in [0.15, 0.2) is 6.29 Å². The summed E-state index contributed by atoms with van der Waals surface area (Å²) in [6, 6.07) is 17.5. The third-order valence-electron chi connectivity index (χ3n) is 4.53. The summed E-state index contributed by atoms with van der Waals surface area (Å²) in [6.45, 7) is -0.370. The van der Waals surface area contributed by atoms with Crippen LogP contribution in [0.3, 0.4) is 0 Å². The molecule has 0 aliphatic heterocycles. The monoisotopic (exact) mass is 439 g/mol. The van der Waals surface area contributed by atoms with Gasteiger partial charge in [0.05, 0.1) is 39.1 Å². The van der Waals surface area contributed by atoms with E-state index in [9.17, 15) is 30.3 Å². The molecular weight excluding hydrogens is 422 g/mol. The van der Waals surface area contributed by atoms with Gasteiger partial charge in [-0.1, -0.05) is 24.3 Å². The zero-order chi connectivity index (χ0) is 23.1. The molecule has 0 spiro atoms. The second-order valence-electron chi connectivity index (χ2n) is 6.57. The molecule has 11 heteroatoms. The first-order chi connectivity index (χ1) is 15.4. The standard InChI is InChI=1S/C21H17N3O8/c25-22(26)18-11-9-15(10-12-18)21(31-13-16-5-1-3-7-19(16)23(27)28)32-14-17-6-2-4-8-20(17)24(29)30/h1-12,21H,13-14H2. The van der Waals surface area contributed by atoms with Crippen molar-refractivity contribution in [3.05, 3.63) is 120 Å². The average molecular weight is 439 g/mol. The smallest absolute Gasteiger partial charge is 0.274 e. The lowest BCUT2D eigenvalue weighted by Crippen LogP contribution is -2.11. The summed E-state index contributed by atoms with van der Waals surface area (Å²) in [5.74, 6) is 0. The number of hydrogen-bond acceptors (Lipinski definition) is 8. The Bertz CT molecular complexity index is 1070. The van der Waals surface area contributed by atoms with Gasteiger partial charge in [-0.3, -0.25) is 30.3 Å². The molecule has 0 amide bonds. The van der Waals surface area contributed by atoms with E-state index < -0.39 is 21.1 Å². The van der Waals surface area contributed by atoms with Crippen LogP contribution < -0.4 is 0 Å². The molecule has 0 saturated carbocycles. The summed E-state index contributed by atoms with van der Waals surface area (Å²) in [5.41, 5.74) is 0.623. The third-order valence-corrected chi connectivity index (χ3v) is 4.53. The highest BCUT2D eigenvalue weighted by atomic mass is 16.7. The van der Waals surface area contributed by atoms with Crippen molar-refractivity contribution in [3.63, 3.8) is 0 Å². The molecule has 0 aliphatic rings. The quantitative estimate of drug-likeness (QED) is 0.247. The Kier molecular flexibility index (Phi) is 7.16. The maximum Gasteiger partial charge on any atom is 0.274 e. The van der Waals surface area contributed by atoms with Crippen molar-refractivity contribution in [2.24, 2.45) is 0 Å². The van der Waals surface area contributed by atoms with Crippen LogP contribution in [-0.4, -0.2) is 14.8 Å². The summed E-state index contributed by atoms with van der Waals surface area (Å²) in [6.07, 6.45) is -1.09. The van der Waals surface area contributed by atoms with Crippen LogP contribution in [0.2, 0.25) is 0 Å². The Labute approximate surface area is 181 Å². The van der Waals surface area contributed by atoms with E-state index in [-0.39, 0.29) is 30.3 Å². The van der Waals surface area contributed by atoms with E-state index in [1.54, 1.807) is 12.1 Å². The molecule has 0 atom stereocenters. The van der Waals surface area contributed by atoms with Gasteiger partial charge < -0.3 is 9.47 Å². The Morgan fingerprint density at radius 1 is 0.625 bits per heavy atom. The minimum atomic E-state index is -1.09. The Balaban J connectivity index is 1.84. The van der Waals surface area contributed by atoms with Crippen LogP contribution in [0.5, 0.6) is 0 Å². The van der Waals surface area contributed by atoms with Gasteiger partial charge in [0.25, 0.3) is 17.1 Å². The van der Waals surface area contributed by atoms with E-state index >= 15 is 0 Å². The number of nitro groups is 3. The number of hydrogen-bond donors (Lipinski definition) is 0. The maximum atomic E-state index is 11.2. The van der Waals surface area contributed by atoms with Gasteiger partial charge in [-0.15, -0.1) is 0 Å². The minimum absolute atomic E-state index is 0.131. The van der Waals surface area contributed by atoms with Crippen molar-refractivity contribution in [1.82, 2.24) is 0 Å². The maximum absolute atomic E-state index is 11.2. The van der Waals surface area contributed by atoms with Crippen molar-refractivity contribution in [1.29, 1.82) is 0 Å². The van der Waals surface area contributed by atoms with Gasteiger partial charge in [-0.05, 0) is 24.3 Å². The average Bonchev–Trinajstić information content (AvgIpc) is 2.79. The van der Waals surface area contributed by atoms with Crippen LogP contribution in [-0.2, 0) is 22.7 Å². The first-order valence-electron chi connectivity index (χ1n) is 9.29. The SMILES string of the molecule is O=[N+]([O-])c1ccc(C(OCc2ccccc2[N+](=O)[O-])OCc2ccccc2[N+](=O)[O-])cc1. The summed E-state index contributed by atoms with van der Waals surface area (Å²) in [4.78, 5) is 31.8. The molecule has 0 bridgehead atoms. The van der Waals surface area contributed by atoms with Crippen molar-refractivity contribution < 1.29 is 24.2 Å². The molecule has 0 unspecified atom stereocenters. The van der Waals surface area contributed by atoms with Gasteiger partial charge in [0, 0.05) is 29.8 Å². The fourth-order valence-corrected chi connectivity index (χ4v) is 2.95. The lowest BCUT2D eigenvalue weighted by atomic mass is 10.1. The van der Waals surface area contributed by atoms with Gasteiger partial charge >= 0.3 is 0 Å². The number of rotatable bonds is 10. The van der Waals surface area contributed by atoms with Gasteiger partial charge in [-0.2, -0.15) is 0 Å². The number of nitrogens with zero attached hydrogens (tertiary/aromatic N) is 3. The van der Waals surface area contributed by atoms with E-state index in [0.29, 0.717) is 16.7 Å². The number of nitro benzene ring substituents is 3. The van der Waals surface area contributed by atoms with Crippen LogP contribution in [0.4, 0.5) is 17.1 Å². The molecule has 0 heterocycles. The normalized spacial score (nSPS) is 10.8. The molecule has 3 aromatic carbocycles. The Morgan fingerprint density at radius 3 is 1.47 bits per heavy atom. The third kappa shape index (κ3) is 5.47. The number of ether oxygens (including phenoxy) is 2. The molecule has 164 valence electrons. The molecule has 0 N–H and O–H groups in total. The molecule has 0 fully saturated rings. The first kappa shape index (κ1) is 22.5. The lowest BCUT2D eigenvalue weighted by Gasteiger charge is -2.19. The van der Waals surface area contributed by atoms with Crippen molar-refractivity contribution >= 4 is 17.1 Å². The van der Waals surface area contributed by atoms with E-state index in [0.717, 1.165) is 0 Å². The summed E-state index contributed by atoms with van der Waals surface area (Å²) < 4.78 is 11.5. The van der Waals surface area contributed by atoms with Crippen LogP contribution in [0.25, 0.3) is 0 Å². The highest BCUT2D eigenvalue weighted by molar-refractivity contribution is 5.40. The van der Waals surface area contributed by atoms with Gasteiger partial charge in [0.1, 0.15) is 0 Å². The Morgan fingerprint density at radius 2 is 1.06 bits per heavy atom. The molecule has 11 nitrogen and oxygen atoms in total. The van der Waals surface area contributed by atoms with E-state index in [2.05, 4.69) is 0 Å². The van der Waals surface area contributed by atoms with Crippen LogP contribution in [0.15, 0.2) is 72.8 Å². The zero-order valence-corrected chi connectivity index (χ0v) is 16.5. The fraction of sp³-hybridized carbons (Fsp3) is 0.143. The van der Waals surface area contributed by atoms with Crippen molar-refractivity contribution in [3.8, 4) is 0 Å². The molecular formula is C21H17N3O8. The lowest BCUT2D eigenvalue weighted by molar-refractivity contribution is -0.386. The molecule has 0 radical (unpaired) electrons. The summed E-state index contributed by atoms with van der Waals surface area (Å²) in [5, 5.41) is 33.4. The highest BCUT2D eigenvalue weighted by Crippen LogP contribution is 2.28. The van der Waals surface area contributed by atoms with Crippen LogP contribution in [0, 0.1) is 30.3 Å². The largest absolute Gasteiger partial charge is 0.343 e. The minimum Gasteiger partial charge on any atom is -0.343 e. The molecule has 0 aliphatic carbocycles. The van der Waals surface area contributed by atoms with Crippen LogP contribution >= 0.6 is 0 Å². The second-order valence-corrected chi connectivity index (χ2v) is 6.57. The number of benzene rings is 3. The number of para-hydroxylation sites is 2. The van der Waals surface area contributed by atoms with E-state index in [1.165, 1.54) is 60.7 Å². The molecule has 3 rings (SSSR count). The molecule has 0 aromatic heterocycles. The number of non-ortho nitro benzene ring substituents is 1. The highest BCUT2D eigenvalue weighted by Gasteiger charge is 2.20. The predicted molar refractivity (Wildman–Crippen MR) is 112 cm³/mol. The fourth-order valence-electron chi connectivity index (χ4n) is 2.95. The first-order valence-corrected chi connectivity index (χ1v) is 9.29. The van der Waals surface area contributed by atoms with Gasteiger partial charge in [-0.25, -0.2) is 0 Å². The molecule has 3 aromatic rings. The Hall–Kier alpha value is -4.22. The summed E-state index contributed by atoms with van der Waals surface area (Å²) in [7, 11) is 0. The molecule has 0 saturated heterocycles. The van der Waals surface area contributed by atoms with E-state index in [1.807, 2.05) is 0 Å². The topological polar surface area (TPSA) is 148 Å². The van der Waals surface area contributed by atoms with Crippen molar-refractivity contribution in [2.75, 3.05) is 0 Å². The summed E-state index contributed by atoms with van der Waals surface area (Å²) >= 11 is 0. The molecule has 32 heavy (non-hydrogen) atoms. The second kappa shape index (κ2) is 10.2.